The van der Waals surface area contributed by atoms with E-state index in [-0.39, 0.29) is 0 Å². The molecule has 0 aromatic heterocycles. The number of allylic oxidation sites excluding steroid dienone is 2. The predicted molar refractivity (Wildman–Crippen MR) is 69.5 cm³/mol. The molecule has 2 rings (SSSR count). The SMILES string of the molecule is Cc1ccc(S(=O)(=O)C2=CCCCCC2)cc1. The molecule has 2 nitrogen and oxygen atoms in total. The minimum absolute atomic E-state index is 0.427. The topological polar surface area (TPSA) is 34.1 Å². The molecular weight excluding hydrogens is 232 g/mol. The van der Waals surface area contributed by atoms with Crippen LogP contribution in [-0.4, -0.2) is 8.42 Å². The smallest absolute Gasteiger partial charge is 0.202 e. The van der Waals surface area contributed by atoms with Crippen LogP contribution >= 0.6 is 0 Å². The minimum Gasteiger partial charge on any atom is -0.219 e. The molecule has 0 bridgehead atoms. The van der Waals surface area contributed by atoms with E-state index in [0.717, 1.165) is 31.2 Å². The molecule has 1 aromatic carbocycles. The van der Waals surface area contributed by atoms with Crippen molar-refractivity contribution in [3.8, 4) is 0 Å². The fourth-order valence-electron chi connectivity index (χ4n) is 2.10. The van der Waals surface area contributed by atoms with Gasteiger partial charge in [-0.05, 0) is 44.7 Å². The fourth-order valence-corrected chi connectivity index (χ4v) is 3.65. The Morgan fingerprint density at radius 2 is 1.71 bits per heavy atom. The van der Waals surface area contributed by atoms with Crippen molar-refractivity contribution in [3.63, 3.8) is 0 Å². The maximum Gasteiger partial charge on any atom is 0.202 e. The zero-order chi connectivity index (χ0) is 12.3. The van der Waals surface area contributed by atoms with Gasteiger partial charge >= 0.3 is 0 Å². The van der Waals surface area contributed by atoms with E-state index in [2.05, 4.69) is 0 Å². The zero-order valence-electron chi connectivity index (χ0n) is 10.1. The van der Waals surface area contributed by atoms with Crippen LogP contribution in [0.3, 0.4) is 0 Å². The highest BCUT2D eigenvalue weighted by molar-refractivity contribution is 7.95. The first kappa shape index (κ1) is 12.4. The molecule has 0 fully saturated rings. The molecule has 0 radical (unpaired) electrons. The van der Waals surface area contributed by atoms with Gasteiger partial charge in [0.2, 0.25) is 9.84 Å². The lowest BCUT2D eigenvalue weighted by Gasteiger charge is -2.07. The van der Waals surface area contributed by atoms with Crippen molar-refractivity contribution in [3.05, 3.63) is 40.8 Å². The van der Waals surface area contributed by atoms with Crippen molar-refractivity contribution in [1.29, 1.82) is 0 Å². The van der Waals surface area contributed by atoms with Crippen molar-refractivity contribution >= 4 is 9.84 Å². The third-order valence-electron chi connectivity index (χ3n) is 3.18. The highest BCUT2D eigenvalue weighted by atomic mass is 32.2. The average molecular weight is 250 g/mol. The van der Waals surface area contributed by atoms with E-state index in [0.29, 0.717) is 16.2 Å². The van der Waals surface area contributed by atoms with E-state index in [1.54, 1.807) is 12.1 Å². The van der Waals surface area contributed by atoms with Crippen molar-refractivity contribution in [2.45, 2.75) is 43.9 Å². The summed E-state index contributed by atoms with van der Waals surface area (Å²) in [6.07, 6.45) is 6.70. The van der Waals surface area contributed by atoms with Crippen LogP contribution in [0.2, 0.25) is 0 Å². The molecule has 0 saturated carbocycles. The van der Waals surface area contributed by atoms with Gasteiger partial charge in [-0.1, -0.05) is 30.2 Å². The highest BCUT2D eigenvalue weighted by Crippen LogP contribution is 2.27. The van der Waals surface area contributed by atoms with E-state index in [1.165, 1.54) is 0 Å². The van der Waals surface area contributed by atoms with E-state index in [1.807, 2.05) is 25.1 Å². The van der Waals surface area contributed by atoms with Crippen molar-refractivity contribution in [2.24, 2.45) is 0 Å². The molecule has 1 aliphatic rings. The highest BCUT2D eigenvalue weighted by Gasteiger charge is 2.20. The summed E-state index contributed by atoms with van der Waals surface area (Å²) in [5.74, 6) is 0. The van der Waals surface area contributed by atoms with Crippen LogP contribution < -0.4 is 0 Å². The number of rotatable bonds is 2. The molecule has 92 valence electrons. The minimum atomic E-state index is -3.24. The standard InChI is InChI=1S/C14H18O2S/c1-12-8-10-14(11-9-12)17(15,16)13-6-4-2-3-5-7-13/h6,8-11H,2-5,7H2,1H3. The quantitative estimate of drug-likeness (QED) is 0.803. The van der Waals surface area contributed by atoms with Crippen LogP contribution in [0.5, 0.6) is 0 Å². The van der Waals surface area contributed by atoms with Gasteiger partial charge in [-0.2, -0.15) is 0 Å². The predicted octanol–water partition coefficient (Wildman–Crippen LogP) is 3.62. The Morgan fingerprint density at radius 3 is 2.41 bits per heavy atom. The first-order valence-corrected chi connectivity index (χ1v) is 7.60. The summed E-state index contributed by atoms with van der Waals surface area (Å²) in [6.45, 7) is 1.96. The maximum atomic E-state index is 12.4. The molecule has 0 aliphatic heterocycles. The Balaban J connectivity index is 2.35. The molecule has 1 aromatic rings. The van der Waals surface area contributed by atoms with Crippen molar-refractivity contribution < 1.29 is 8.42 Å². The van der Waals surface area contributed by atoms with Crippen LogP contribution in [0.4, 0.5) is 0 Å². The largest absolute Gasteiger partial charge is 0.219 e. The number of benzene rings is 1. The third-order valence-corrected chi connectivity index (χ3v) is 5.13. The Bertz CT molecular complexity index is 510. The maximum absolute atomic E-state index is 12.4. The lowest BCUT2D eigenvalue weighted by atomic mass is 10.2. The second kappa shape index (κ2) is 5.05. The van der Waals surface area contributed by atoms with Gasteiger partial charge in [-0.3, -0.25) is 0 Å². The third kappa shape index (κ3) is 2.78. The van der Waals surface area contributed by atoms with Crippen LogP contribution in [0.1, 0.15) is 37.7 Å². The first-order valence-electron chi connectivity index (χ1n) is 6.11. The van der Waals surface area contributed by atoms with Gasteiger partial charge in [0.1, 0.15) is 0 Å². The van der Waals surface area contributed by atoms with E-state index in [9.17, 15) is 8.42 Å². The summed E-state index contributed by atoms with van der Waals surface area (Å²) in [7, 11) is -3.24. The zero-order valence-corrected chi connectivity index (χ0v) is 11.0. The molecule has 0 spiro atoms. The summed E-state index contributed by atoms with van der Waals surface area (Å²) in [4.78, 5) is 1.04. The van der Waals surface area contributed by atoms with Gasteiger partial charge in [0, 0.05) is 4.91 Å². The van der Waals surface area contributed by atoms with Gasteiger partial charge < -0.3 is 0 Å². The second-order valence-electron chi connectivity index (χ2n) is 4.59. The van der Waals surface area contributed by atoms with Gasteiger partial charge in [0.15, 0.2) is 0 Å². The molecule has 0 saturated heterocycles. The summed E-state index contributed by atoms with van der Waals surface area (Å²) < 4.78 is 24.8. The molecule has 0 heterocycles. The molecule has 0 atom stereocenters. The summed E-state index contributed by atoms with van der Waals surface area (Å²) in [6, 6.07) is 7.11. The fraction of sp³-hybridized carbons (Fsp3) is 0.429. The van der Waals surface area contributed by atoms with Gasteiger partial charge in [-0.25, -0.2) is 8.42 Å². The molecular formula is C14H18O2S. The number of aryl methyl sites for hydroxylation is 1. The molecule has 0 N–H and O–H groups in total. The second-order valence-corrected chi connectivity index (χ2v) is 6.59. The number of hydrogen-bond donors (Lipinski definition) is 0. The molecule has 0 unspecified atom stereocenters. The van der Waals surface area contributed by atoms with E-state index < -0.39 is 9.84 Å². The lowest BCUT2D eigenvalue weighted by molar-refractivity contribution is 0.599. The average Bonchev–Trinajstić information content (AvgIpc) is 2.58. The van der Waals surface area contributed by atoms with E-state index >= 15 is 0 Å². The monoisotopic (exact) mass is 250 g/mol. The Morgan fingerprint density at radius 1 is 1.00 bits per heavy atom. The lowest BCUT2D eigenvalue weighted by Crippen LogP contribution is -2.04. The molecule has 1 aliphatic carbocycles. The normalized spacial score (nSPS) is 17.4. The summed E-state index contributed by atoms with van der Waals surface area (Å²) >= 11 is 0. The number of hydrogen-bond acceptors (Lipinski definition) is 2. The molecule has 0 amide bonds. The Labute approximate surface area is 103 Å². The van der Waals surface area contributed by atoms with Crippen LogP contribution in [0.15, 0.2) is 40.1 Å². The van der Waals surface area contributed by atoms with Gasteiger partial charge in [-0.15, -0.1) is 0 Å². The van der Waals surface area contributed by atoms with Crippen LogP contribution in [-0.2, 0) is 9.84 Å². The Hall–Kier alpha value is -1.09. The summed E-state index contributed by atoms with van der Waals surface area (Å²) in [5.41, 5.74) is 1.08. The van der Waals surface area contributed by atoms with Gasteiger partial charge in [0.05, 0.1) is 4.90 Å². The van der Waals surface area contributed by atoms with Gasteiger partial charge in [0.25, 0.3) is 0 Å². The van der Waals surface area contributed by atoms with Crippen LogP contribution in [0, 0.1) is 6.92 Å². The first-order chi connectivity index (χ1) is 8.10. The van der Waals surface area contributed by atoms with Crippen molar-refractivity contribution in [1.82, 2.24) is 0 Å². The van der Waals surface area contributed by atoms with Crippen molar-refractivity contribution in [2.75, 3.05) is 0 Å². The molecule has 17 heavy (non-hydrogen) atoms. The van der Waals surface area contributed by atoms with Crippen LogP contribution in [0.25, 0.3) is 0 Å². The molecule has 3 heteroatoms. The summed E-state index contributed by atoms with van der Waals surface area (Å²) in [5, 5.41) is 0. The van der Waals surface area contributed by atoms with E-state index in [4.69, 9.17) is 0 Å². The number of sulfone groups is 1. The Kier molecular flexibility index (Phi) is 3.67.